The Kier molecular flexibility index (Phi) is 5.25. The van der Waals surface area contributed by atoms with Gasteiger partial charge in [0, 0.05) is 42.5 Å². The first-order valence-electron chi connectivity index (χ1n) is 10.6. The first kappa shape index (κ1) is 20.7. The van der Waals surface area contributed by atoms with Crippen molar-refractivity contribution in [1.82, 2.24) is 30.1 Å². The number of aromatic nitrogens is 6. The van der Waals surface area contributed by atoms with Crippen LogP contribution in [0.1, 0.15) is 42.8 Å². The summed E-state index contributed by atoms with van der Waals surface area (Å²) in [4.78, 5) is 32.4. The SMILES string of the molecule is Nc1ncc(-c2ccc(C3(c4noc(-c5ccc(CCC(=O)O)nc5)n4)CCC3)cn2)cn1. The Bertz CT molecular complexity index is 1260. The first-order chi connectivity index (χ1) is 16.0. The molecule has 4 heterocycles. The molecule has 1 saturated carbocycles. The monoisotopic (exact) mass is 443 g/mol. The third kappa shape index (κ3) is 4.02. The molecule has 0 atom stereocenters. The normalized spacial score (nSPS) is 14.5. The van der Waals surface area contributed by atoms with Gasteiger partial charge >= 0.3 is 5.97 Å². The molecule has 0 aliphatic heterocycles. The van der Waals surface area contributed by atoms with Crippen molar-refractivity contribution in [3.8, 4) is 22.7 Å². The molecule has 10 nitrogen and oxygen atoms in total. The number of nitrogen functional groups attached to an aromatic ring is 1. The number of pyridine rings is 2. The first-order valence-corrected chi connectivity index (χ1v) is 10.6. The molecule has 0 amide bonds. The number of carboxylic acids is 1. The molecule has 10 heteroatoms. The number of rotatable bonds is 7. The second-order valence-electron chi connectivity index (χ2n) is 8.05. The van der Waals surface area contributed by atoms with Crippen LogP contribution in [0.4, 0.5) is 5.95 Å². The highest BCUT2D eigenvalue weighted by Crippen LogP contribution is 2.48. The van der Waals surface area contributed by atoms with E-state index in [2.05, 4.69) is 30.1 Å². The average Bonchev–Trinajstić information content (AvgIpc) is 3.29. The fourth-order valence-electron chi connectivity index (χ4n) is 3.96. The van der Waals surface area contributed by atoms with E-state index in [0.29, 0.717) is 29.4 Å². The molecule has 4 aromatic rings. The van der Waals surface area contributed by atoms with Gasteiger partial charge in [0.1, 0.15) is 0 Å². The fourth-order valence-corrected chi connectivity index (χ4v) is 3.96. The van der Waals surface area contributed by atoms with E-state index in [1.807, 2.05) is 24.4 Å². The maximum Gasteiger partial charge on any atom is 0.303 e. The van der Waals surface area contributed by atoms with E-state index < -0.39 is 5.97 Å². The molecule has 0 unspecified atom stereocenters. The van der Waals surface area contributed by atoms with E-state index in [4.69, 9.17) is 15.4 Å². The summed E-state index contributed by atoms with van der Waals surface area (Å²) in [5, 5.41) is 13.1. The molecule has 0 radical (unpaired) electrons. The highest BCUT2D eigenvalue weighted by molar-refractivity contribution is 5.67. The van der Waals surface area contributed by atoms with Crippen LogP contribution in [0.15, 0.2) is 53.6 Å². The summed E-state index contributed by atoms with van der Waals surface area (Å²) < 4.78 is 5.55. The van der Waals surface area contributed by atoms with Gasteiger partial charge in [0.15, 0.2) is 5.82 Å². The number of carbonyl (C=O) groups is 1. The Morgan fingerprint density at radius 1 is 1.00 bits per heavy atom. The van der Waals surface area contributed by atoms with Gasteiger partial charge in [-0.2, -0.15) is 4.98 Å². The molecule has 166 valence electrons. The molecule has 0 bridgehead atoms. The standard InChI is InChI=1S/C23H21N7O3/c24-22-27-11-15(12-28-22)18-6-3-16(13-26-18)23(8-1-9-23)21-29-20(33-30-21)14-2-4-17(25-10-14)5-7-19(31)32/h2-4,6,10-13H,1,5,7-9H2,(H,31,32)(H2,24,27,28). The molecule has 33 heavy (non-hydrogen) atoms. The summed E-state index contributed by atoms with van der Waals surface area (Å²) >= 11 is 0. The second kappa shape index (κ2) is 8.38. The smallest absolute Gasteiger partial charge is 0.303 e. The van der Waals surface area contributed by atoms with Crippen molar-refractivity contribution >= 4 is 11.9 Å². The molecule has 0 saturated heterocycles. The fraction of sp³-hybridized carbons (Fsp3) is 0.261. The van der Waals surface area contributed by atoms with E-state index >= 15 is 0 Å². The number of nitrogens with zero attached hydrogens (tertiary/aromatic N) is 6. The van der Waals surface area contributed by atoms with E-state index in [1.165, 1.54) is 0 Å². The van der Waals surface area contributed by atoms with Crippen molar-refractivity contribution in [3.63, 3.8) is 0 Å². The maximum absolute atomic E-state index is 10.7. The number of carboxylic acid groups (broad SMARTS) is 1. The number of anilines is 1. The molecule has 1 aliphatic rings. The average molecular weight is 443 g/mol. The lowest BCUT2D eigenvalue weighted by molar-refractivity contribution is -0.136. The molecule has 4 aromatic heterocycles. The Hall–Kier alpha value is -4.21. The molecule has 1 aliphatic carbocycles. The van der Waals surface area contributed by atoms with Crippen LogP contribution < -0.4 is 5.73 Å². The van der Waals surface area contributed by atoms with Gasteiger partial charge in [0.05, 0.1) is 23.1 Å². The third-order valence-electron chi connectivity index (χ3n) is 6.01. The highest BCUT2D eigenvalue weighted by Gasteiger charge is 2.44. The molecule has 0 spiro atoms. The van der Waals surface area contributed by atoms with Gasteiger partial charge in [0.2, 0.25) is 5.95 Å². The Morgan fingerprint density at radius 2 is 1.79 bits per heavy atom. The van der Waals surface area contributed by atoms with Crippen molar-refractivity contribution < 1.29 is 14.4 Å². The Morgan fingerprint density at radius 3 is 2.39 bits per heavy atom. The van der Waals surface area contributed by atoms with E-state index in [-0.39, 0.29) is 17.8 Å². The number of aliphatic carboxylic acids is 1. The summed E-state index contributed by atoms with van der Waals surface area (Å²) in [6, 6.07) is 7.57. The van der Waals surface area contributed by atoms with Gasteiger partial charge in [-0.25, -0.2) is 9.97 Å². The molecule has 1 fully saturated rings. The lowest BCUT2D eigenvalue weighted by Gasteiger charge is -2.39. The zero-order chi connectivity index (χ0) is 22.8. The van der Waals surface area contributed by atoms with Crippen LogP contribution in [0.3, 0.4) is 0 Å². The number of aryl methyl sites for hydroxylation is 1. The summed E-state index contributed by atoms with van der Waals surface area (Å²) in [7, 11) is 0. The van der Waals surface area contributed by atoms with Crippen LogP contribution >= 0.6 is 0 Å². The van der Waals surface area contributed by atoms with E-state index in [9.17, 15) is 4.79 Å². The zero-order valence-electron chi connectivity index (χ0n) is 17.7. The van der Waals surface area contributed by atoms with Crippen molar-refractivity contribution in [2.45, 2.75) is 37.5 Å². The summed E-state index contributed by atoms with van der Waals surface area (Å²) in [5.41, 5.74) is 9.21. The van der Waals surface area contributed by atoms with Crippen molar-refractivity contribution in [2.24, 2.45) is 0 Å². The van der Waals surface area contributed by atoms with Crippen molar-refractivity contribution in [3.05, 3.63) is 66.1 Å². The molecular formula is C23H21N7O3. The summed E-state index contributed by atoms with van der Waals surface area (Å²) in [6.45, 7) is 0. The van der Waals surface area contributed by atoms with Crippen LogP contribution in [0.2, 0.25) is 0 Å². The predicted octanol–water partition coefficient (Wildman–Crippen LogP) is 3.05. The van der Waals surface area contributed by atoms with Crippen molar-refractivity contribution in [2.75, 3.05) is 5.73 Å². The second-order valence-corrected chi connectivity index (χ2v) is 8.05. The lowest BCUT2D eigenvalue weighted by atomic mass is 9.64. The summed E-state index contributed by atoms with van der Waals surface area (Å²) in [5.74, 6) is 0.389. The lowest BCUT2D eigenvalue weighted by Crippen LogP contribution is -2.36. The molecular weight excluding hydrogens is 422 g/mol. The molecule has 0 aromatic carbocycles. The minimum atomic E-state index is -0.850. The number of nitrogens with two attached hydrogens (primary N) is 1. The van der Waals surface area contributed by atoms with Gasteiger partial charge in [-0.1, -0.05) is 17.6 Å². The number of hydrogen-bond donors (Lipinski definition) is 2. The minimum Gasteiger partial charge on any atom is -0.481 e. The van der Waals surface area contributed by atoms with E-state index in [0.717, 1.165) is 36.1 Å². The third-order valence-corrected chi connectivity index (χ3v) is 6.01. The van der Waals surface area contributed by atoms with Crippen LogP contribution in [-0.4, -0.2) is 41.2 Å². The van der Waals surface area contributed by atoms with Crippen LogP contribution in [0, 0.1) is 0 Å². The van der Waals surface area contributed by atoms with Gasteiger partial charge in [0.25, 0.3) is 5.89 Å². The van der Waals surface area contributed by atoms with Gasteiger partial charge < -0.3 is 15.4 Å². The Balaban J connectivity index is 1.37. The predicted molar refractivity (Wildman–Crippen MR) is 118 cm³/mol. The van der Waals surface area contributed by atoms with E-state index in [1.54, 1.807) is 24.7 Å². The molecule has 5 rings (SSSR count). The Labute approximate surface area is 189 Å². The number of hydrogen-bond acceptors (Lipinski definition) is 9. The van der Waals surface area contributed by atoms with Crippen LogP contribution in [0.25, 0.3) is 22.7 Å². The minimum absolute atomic E-state index is 0.0394. The van der Waals surface area contributed by atoms with Crippen molar-refractivity contribution in [1.29, 1.82) is 0 Å². The molecule has 3 N–H and O–H groups in total. The topological polar surface area (TPSA) is 154 Å². The maximum atomic E-state index is 10.7. The van der Waals surface area contributed by atoms with Crippen LogP contribution in [0.5, 0.6) is 0 Å². The zero-order valence-corrected chi connectivity index (χ0v) is 17.7. The van der Waals surface area contributed by atoms with Gasteiger partial charge in [-0.05, 0) is 36.6 Å². The largest absolute Gasteiger partial charge is 0.481 e. The van der Waals surface area contributed by atoms with Crippen LogP contribution in [-0.2, 0) is 16.6 Å². The summed E-state index contributed by atoms with van der Waals surface area (Å²) in [6.07, 6.45) is 10.1. The highest BCUT2D eigenvalue weighted by atomic mass is 16.5. The van der Waals surface area contributed by atoms with Gasteiger partial charge in [-0.3, -0.25) is 14.8 Å². The quantitative estimate of drug-likeness (QED) is 0.435. The van der Waals surface area contributed by atoms with Gasteiger partial charge in [-0.15, -0.1) is 0 Å².